The Morgan fingerprint density at radius 2 is 1.58 bits per heavy atom. The minimum atomic E-state index is -1.39. The number of carboxylic acid groups (broad SMARTS) is 1. The van der Waals surface area contributed by atoms with Crippen LogP contribution in [0.25, 0.3) is 0 Å². The fourth-order valence-electron chi connectivity index (χ4n) is 1.86. The van der Waals surface area contributed by atoms with E-state index in [4.69, 9.17) is 5.11 Å². The fraction of sp³-hybridized carbons (Fsp3) is 0.0714. The molecule has 2 rings (SSSR count). The van der Waals surface area contributed by atoms with Crippen molar-refractivity contribution in [2.45, 2.75) is 0 Å². The van der Waals surface area contributed by atoms with Crippen molar-refractivity contribution >= 4 is 17.3 Å². The predicted molar refractivity (Wildman–Crippen MR) is 67.8 cm³/mol. The first-order valence-corrected chi connectivity index (χ1v) is 5.52. The van der Waals surface area contributed by atoms with E-state index in [2.05, 4.69) is 0 Å². The lowest BCUT2D eigenvalue weighted by atomic mass is 10.1. The van der Waals surface area contributed by atoms with Gasteiger partial charge in [-0.2, -0.15) is 0 Å². The highest BCUT2D eigenvalue weighted by atomic mass is 19.1. The molecule has 0 atom stereocenters. The molecule has 0 unspecified atom stereocenters. The number of rotatable bonds is 3. The smallest absolute Gasteiger partial charge is 0.340 e. The van der Waals surface area contributed by atoms with Gasteiger partial charge in [0.2, 0.25) is 0 Å². The van der Waals surface area contributed by atoms with Gasteiger partial charge in [0.1, 0.15) is 17.2 Å². The van der Waals surface area contributed by atoms with Crippen molar-refractivity contribution in [1.82, 2.24) is 0 Å². The van der Waals surface area contributed by atoms with Gasteiger partial charge in [0.25, 0.3) is 0 Å². The molecule has 0 saturated carbocycles. The second-order valence-corrected chi connectivity index (χ2v) is 3.95. The topological polar surface area (TPSA) is 40.5 Å². The molecule has 2 aromatic rings. The van der Waals surface area contributed by atoms with Crippen LogP contribution < -0.4 is 4.90 Å². The van der Waals surface area contributed by atoms with E-state index in [0.29, 0.717) is 0 Å². The maximum atomic E-state index is 13.7. The van der Waals surface area contributed by atoms with E-state index >= 15 is 0 Å². The van der Waals surface area contributed by atoms with Crippen molar-refractivity contribution in [3.63, 3.8) is 0 Å². The Labute approximate surface area is 108 Å². The molecule has 0 aromatic heterocycles. The van der Waals surface area contributed by atoms with E-state index in [-0.39, 0.29) is 11.4 Å². The third-order valence-corrected chi connectivity index (χ3v) is 2.78. The monoisotopic (exact) mass is 263 g/mol. The highest BCUT2D eigenvalue weighted by molar-refractivity contribution is 5.95. The Kier molecular flexibility index (Phi) is 3.46. The van der Waals surface area contributed by atoms with Crippen LogP contribution in [0.3, 0.4) is 0 Å². The molecule has 0 fully saturated rings. The molecule has 3 nitrogen and oxygen atoms in total. The molecule has 0 bridgehead atoms. The highest BCUT2D eigenvalue weighted by Gasteiger charge is 2.20. The zero-order valence-electron chi connectivity index (χ0n) is 10.1. The molecule has 0 heterocycles. The predicted octanol–water partition coefficient (Wildman–Crippen LogP) is 3.43. The van der Waals surface area contributed by atoms with E-state index in [1.165, 1.54) is 42.3 Å². The summed E-state index contributed by atoms with van der Waals surface area (Å²) in [7, 11) is 1.49. The number of anilines is 2. The van der Waals surface area contributed by atoms with Crippen LogP contribution >= 0.6 is 0 Å². The number of nitrogens with zero attached hydrogens (tertiary/aromatic N) is 1. The van der Waals surface area contributed by atoms with E-state index in [9.17, 15) is 13.6 Å². The van der Waals surface area contributed by atoms with Crippen molar-refractivity contribution in [2.75, 3.05) is 11.9 Å². The Hall–Kier alpha value is -2.43. The third kappa shape index (κ3) is 2.40. The van der Waals surface area contributed by atoms with Crippen molar-refractivity contribution in [2.24, 2.45) is 0 Å². The second kappa shape index (κ2) is 5.06. The molecule has 0 radical (unpaired) electrons. The quantitative estimate of drug-likeness (QED) is 0.922. The minimum Gasteiger partial charge on any atom is -0.478 e. The molecular formula is C14H11F2NO2. The number of benzene rings is 2. The van der Waals surface area contributed by atoms with Gasteiger partial charge in [-0.3, -0.25) is 0 Å². The van der Waals surface area contributed by atoms with Gasteiger partial charge < -0.3 is 10.0 Å². The van der Waals surface area contributed by atoms with Gasteiger partial charge in [-0.25, -0.2) is 13.6 Å². The number of carboxylic acids is 1. The van der Waals surface area contributed by atoms with E-state index in [0.717, 1.165) is 6.07 Å². The van der Waals surface area contributed by atoms with Crippen LogP contribution in [0.1, 0.15) is 10.4 Å². The zero-order chi connectivity index (χ0) is 14.0. The maximum Gasteiger partial charge on any atom is 0.340 e. The summed E-state index contributed by atoms with van der Waals surface area (Å²) in [5, 5.41) is 9.05. The number of hydrogen-bond donors (Lipinski definition) is 1. The number of carbonyl (C=O) groups is 1. The SMILES string of the molecule is CN(c1ccccc1F)c1cccc(F)c1C(=O)O. The Balaban J connectivity index is 2.57. The molecule has 19 heavy (non-hydrogen) atoms. The first kappa shape index (κ1) is 13.0. The summed E-state index contributed by atoms with van der Waals surface area (Å²) >= 11 is 0. The van der Waals surface area contributed by atoms with Gasteiger partial charge in [-0.05, 0) is 24.3 Å². The molecule has 5 heteroatoms. The van der Waals surface area contributed by atoms with Crippen LogP contribution in [-0.4, -0.2) is 18.1 Å². The number of para-hydroxylation sites is 1. The van der Waals surface area contributed by atoms with Crippen LogP contribution in [0.15, 0.2) is 42.5 Å². The average molecular weight is 263 g/mol. The molecule has 1 N–H and O–H groups in total. The number of hydrogen-bond acceptors (Lipinski definition) is 2. The molecule has 0 aliphatic heterocycles. The molecule has 98 valence electrons. The lowest BCUT2D eigenvalue weighted by molar-refractivity contribution is 0.0693. The molecular weight excluding hydrogens is 252 g/mol. The summed E-state index contributed by atoms with van der Waals surface area (Å²) in [6.07, 6.45) is 0. The van der Waals surface area contributed by atoms with Crippen LogP contribution in [0.5, 0.6) is 0 Å². The number of aromatic carboxylic acids is 1. The van der Waals surface area contributed by atoms with Crippen molar-refractivity contribution in [3.8, 4) is 0 Å². The van der Waals surface area contributed by atoms with Crippen molar-refractivity contribution in [1.29, 1.82) is 0 Å². The van der Waals surface area contributed by atoms with Crippen LogP contribution in [-0.2, 0) is 0 Å². The zero-order valence-corrected chi connectivity index (χ0v) is 10.1. The van der Waals surface area contributed by atoms with Crippen LogP contribution in [0, 0.1) is 11.6 Å². The minimum absolute atomic E-state index is 0.0950. The van der Waals surface area contributed by atoms with Gasteiger partial charge in [-0.1, -0.05) is 18.2 Å². The number of halogens is 2. The average Bonchev–Trinajstić information content (AvgIpc) is 2.37. The lowest BCUT2D eigenvalue weighted by Gasteiger charge is -2.22. The third-order valence-electron chi connectivity index (χ3n) is 2.78. The van der Waals surface area contributed by atoms with E-state index < -0.39 is 23.2 Å². The van der Waals surface area contributed by atoms with Crippen molar-refractivity contribution < 1.29 is 18.7 Å². The van der Waals surface area contributed by atoms with Gasteiger partial charge in [0.05, 0.1) is 11.4 Å². The van der Waals surface area contributed by atoms with Crippen LogP contribution in [0.2, 0.25) is 0 Å². The lowest BCUT2D eigenvalue weighted by Crippen LogP contribution is -2.16. The standard InChI is InChI=1S/C14H11F2NO2/c1-17(11-7-3-2-5-9(11)15)12-8-4-6-10(16)13(12)14(18)19/h2-8H,1H3,(H,18,19). The van der Waals surface area contributed by atoms with Gasteiger partial charge >= 0.3 is 5.97 Å². The summed E-state index contributed by atoms with van der Waals surface area (Å²) in [4.78, 5) is 12.4. The second-order valence-electron chi connectivity index (χ2n) is 3.95. The molecule has 0 aliphatic carbocycles. The van der Waals surface area contributed by atoms with E-state index in [1.54, 1.807) is 6.07 Å². The van der Waals surface area contributed by atoms with Crippen molar-refractivity contribution in [3.05, 3.63) is 59.7 Å². The Morgan fingerprint density at radius 1 is 1.00 bits per heavy atom. The molecule has 2 aromatic carbocycles. The Bertz CT molecular complexity index is 629. The van der Waals surface area contributed by atoms with Gasteiger partial charge in [0, 0.05) is 7.05 Å². The Morgan fingerprint density at radius 3 is 2.21 bits per heavy atom. The van der Waals surface area contributed by atoms with Gasteiger partial charge in [0.15, 0.2) is 0 Å². The maximum absolute atomic E-state index is 13.7. The summed E-state index contributed by atoms with van der Waals surface area (Å²) in [5.41, 5.74) is -0.207. The molecule has 0 aliphatic rings. The molecule has 0 amide bonds. The first-order valence-electron chi connectivity index (χ1n) is 5.52. The molecule has 0 spiro atoms. The molecule has 0 saturated heterocycles. The van der Waals surface area contributed by atoms with E-state index in [1.807, 2.05) is 0 Å². The first-order chi connectivity index (χ1) is 9.02. The normalized spacial score (nSPS) is 10.3. The summed E-state index contributed by atoms with van der Waals surface area (Å²) in [5.74, 6) is -2.75. The summed E-state index contributed by atoms with van der Waals surface area (Å²) < 4.78 is 27.3. The van der Waals surface area contributed by atoms with Gasteiger partial charge in [-0.15, -0.1) is 0 Å². The summed E-state index contributed by atoms with van der Waals surface area (Å²) in [6.45, 7) is 0. The largest absolute Gasteiger partial charge is 0.478 e. The highest BCUT2D eigenvalue weighted by Crippen LogP contribution is 2.30. The van der Waals surface area contributed by atoms with Crippen LogP contribution in [0.4, 0.5) is 20.2 Å². The summed E-state index contributed by atoms with van der Waals surface area (Å²) in [6, 6.07) is 9.76. The fourth-order valence-corrected chi connectivity index (χ4v) is 1.86.